The van der Waals surface area contributed by atoms with Crippen molar-refractivity contribution < 1.29 is 35.9 Å². The maximum atomic E-state index is 13.8. The van der Waals surface area contributed by atoms with Crippen molar-refractivity contribution in [1.82, 2.24) is 14.9 Å². The molecule has 242 valence electrons. The predicted molar refractivity (Wildman–Crippen MR) is 164 cm³/mol. The molecular weight excluding hydrogens is 609 g/mol. The number of hydrogen-bond acceptors (Lipinski definition) is 6. The van der Waals surface area contributed by atoms with Crippen LogP contribution in [0.1, 0.15) is 71.1 Å². The molecule has 0 radical (unpaired) electrons. The standard InChI is InChI=1S/C32H37F3N4O5S/c1-22-18-24-9-8-23(22)10-17-45(42,43)39-14-11-31(12-15-39)30(41)37-28(38-31)25-19-26(32(33,34)35)21-27(20-25)44-16-7-5-3-2-4-6-13-36-29(24)40/h3,5,8-9,18-21H,2,4,6-7,10-17H2,1H3,(H,36,40)(H,37,38,41). The molecule has 0 unspecified atom stereocenters. The summed E-state index contributed by atoms with van der Waals surface area (Å²) in [6.45, 7) is 2.61. The summed E-state index contributed by atoms with van der Waals surface area (Å²) in [6.07, 6.45) is 2.56. The molecule has 0 aromatic heterocycles. The third kappa shape index (κ3) is 7.75. The number of amidine groups is 1. The van der Waals surface area contributed by atoms with Crippen LogP contribution in [0.4, 0.5) is 13.2 Å². The van der Waals surface area contributed by atoms with E-state index in [1.165, 1.54) is 10.4 Å². The summed E-state index contributed by atoms with van der Waals surface area (Å²) in [7, 11) is -3.68. The van der Waals surface area contributed by atoms with E-state index < -0.39 is 33.2 Å². The summed E-state index contributed by atoms with van der Waals surface area (Å²) in [5, 5.41) is 5.55. The van der Waals surface area contributed by atoms with Gasteiger partial charge in [0, 0.05) is 30.8 Å². The van der Waals surface area contributed by atoms with Crippen LogP contribution in [-0.2, 0) is 27.4 Å². The molecule has 2 aromatic carbocycles. The Bertz CT molecular complexity index is 1610. The normalized spacial score (nSPS) is 24.7. The van der Waals surface area contributed by atoms with E-state index >= 15 is 0 Å². The first-order valence-corrected chi connectivity index (χ1v) is 16.7. The monoisotopic (exact) mass is 646 g/mol. The van der Waals surface area contributed by atoms with Crippen molar-refractivity contribution in [2.24, 2.45) is 4.99 Å². The maximum absolute atomic E-state index is 13.8. The molecule has 2 aromatic rings. The number of alkyl halides is 3. The third-order valence-electron chi connectivity index (χ3n) is 8.47. The zero-order valence-electron chi connectivity index (χ0n) is 25.1. The molecule has 1 fully saturated rings. The molecule has 2 N–H and O–H groups in total. The van der Waals surface area contributed by atoms with Crippen LogP contribution in [0.15, 0.2) is 53.5 Å². The summed E-state index contributed by atoms with van der Waals surface area (Å²) in [5.41, 5.74) is 0.0374. The van der Waals surface area contributed by atoms with E-state index in [0.717, 1.165) is 42.5 Å². The Hall–Kier alpha value is -3.71. The van der Waals surface area contributed by atoms with Crippen LogP contribution in [0, 0.1) is 6.92 Å². The number of halogens is 3. The molecule has 5 aliphatic rings. The second-order valence-electron chi connectivity index (χ2n) is 11.7. The van der Waals surface area contributed by atoms with Crippen LogP contribution >= 0.6 is 0 Å². The third-order valence-corrected chi connectivity index (χ3v) is 10.3. The predicted octanol–water partition coefficient (Wildman–Crippen LogP) is 4.54. The lowest BCUT2D eigenvalue weighted by Gasteiger charge is -2.34. The van der Waals surface area contributed by atoms with Crippen molar-refractivity contribution in [2.75, 3.05) is 32.0 Å². The van der Waals surface area contributed by atoms with Crippen LogP contribution in [0.5, 0.6) is 5.75 Å². The summed E-state index contributed by atoms with van der Waals surface area (Å²) in [5.74, 6) is -0.786. The van der Waals surface area contributed by atoms with Crippen molar-refractivity contribution in [3.63, 3.8) is 0 Å². The van der Waals surface area contributed by atoms with Gasteiger partial charge in [-0.15, -0.1) is 0 Å². The van der Waals surface area contributed by atoms with Gasteiger partial charge in [0.25, 0.3) is 11.8 Å². The van der Waals surface area contributed by atoms with E-state index in [2.05, 4.69) is 15.6 Å². The molecule has 5 heterocycles. The Balaban J connectivity index is 1.39. The van der Waals surface area contributed by atoms with Gasteiger partial charge in [0.15, 0.2) is 0 Å². The summed E-state index contributed by atoms with van der Waals surface area (Å²) < 4.78 is 74.8. The average Bonchev–Trinajstić information content (AvgIpc) is 3.31. The number of carbonyl (C=O) groups is 2. The van der Waals surface area contributed by atoms with Crippen LogP contribution in [0.3, 0.4) is 0 Å². The topological polar surface area (TPSA) is 117 Å². The van der Waals surface area contributed by atoms with E-state index in [0.29, 0.717) is 18.5 Å². The van der Waals surface area contributed by atoms with Crippen LogP contribution < -0.4 is 15.4 Å². The summed E-state index contributed by atoms with van der Waals surface area (Å²) in [6, 6.07) is 8.52. The van der Waals surface area contributed by atoms with Crippen molar-refractivity contribution in [3.05, 3.63) is 76.4 Å². The number of aryl methyl sites for hydroxylation is 2. The highest BCUT2D eigenvalue weighted by atomic mass is 32.2. The number of nitrogens with zero attached hydrogens (tertiary/aromatic N) is 2. The fourth-order valence-electron chi connectivity index (χ4n) is 5.77. The Morgan fingerprint density at radius 2 is 1.73 bits per heavy atom. The molecule has 5 aliphatic heterocycles. The molecule has 1 spiro atoms. The minimum absolute atomic E-state index is 0.00376. The lowest BCUT2D eigenvalue weighted by Crippen LogP contribution is -2.50. The van der Waals surface area contributed by atoms with Crippen molar-refractivity contribution in [3.8, 4) is 5.75 Å². The first-order valence-electron chi connectivity index (χ1n) is 15.1. The number of fused-ring (bicyclic) bond motifs is 2. The van der Waals surface area contributed by atoms with Crippen molar-refractivity contribution in [2.45, 2.75) is 63.6 Å². The van der Waals surface area contributed by atoms with E-state index in [1.807, 2.05) is 19.1 Å². The SMILES string of the molecule is Cc1cc2ccc1CCS(=O)(=O)N1CCC3(CC1)N=C(NC3=O)c1cc(cc(C(F)(F)F)c1)OCCC=CCCCCNC2=O. The molecule has 7 bridgehead atoms. The molecule has 0 atom stereocenters. The largest absolute Gasteiger partial charge is 0.493 e. The molecule has 1 saturated heterocycles. The first-order chi connectivity index (χ1) is 21.4. The lowest BCUT2D eigenvalue weighted by atomic mass is 9.89. The average molecular weight is 647 g/mol. The van der Waals surface area contributed by atoms with Crippen molar-refractivity contribution >= 4 is 27.7 Å². The number of nitrogens with one attached hydrogen (secondary N) is 2. The zero-order chi connectivity index (χ0) is 32.2. The molecule has 2 amide bonds. The zero-order valence-corrected chi connectivity index (χ0v) is 25.9. The molecule has 0 saturated carbocycles. The van der Waals surface area contributed by atoms with Gasteiger partial charge in [-0.05, 0) is 93.3 Å². The highest BCUT2D eigenvalue weighted by molar-refractivity contribution is 7.89. The number of piperidine rings is 1. The number of amides is 2. The van der Waals surface area contributed by atoms with E-state index in [1.54, 1.807) is 18.2 Å². The number of hydrogen-bond donors (Lipinski definition) is 2. The number of benzene rings is 2. The lowest BCUT2D eigenvalue weighted by molar-refractivity contribution is -0.137. The quantitative estimate of drug-likeness (QED) is 0.408. The van der Waals surface area contributed by atoms with Crippen molar-refractivity contribution in [1.29, 1.82) is 0 Å². The molecule has 45 heavy (non-hydrogen) atoms. The second-order valence-corrected chi connectivity index (χ2v) is 13.7. The summed E-state index contributed by atoms with van der Waals surface area (Å²) in [4.78, 5) is 30.3. The Labute approximate surface area is 261 Å². The van der Waals surface area contributed by atoms with Gasteiger partial charge < -0.3 is 15.4 Å². The second kappa shape index (κ2) is 13.3. The fraction of sp³-hybridized carbons (Fsp3) is 0.469. The number of carbonyl (C=O) groups excluding carboxylic acids is 2. The van der Waals surface area contributed by atoms with E-state index in [4.69, 9.17) is 4.74 Å². The van der Waals surface area contributed by atoms with Gasteiger partial charge in [0.05, 0.1) is 17.9 Å². The highest BCUT2D eigenvalue weighted by Gasteiger charge is 2.47. The molecular formula is C32H37F3N4O5S. The highest BCUT2D eigenvalue weighted by Crippen LogP contribution is 2.36. The number of ether oxygens (including phenoxy) is 1. The van der Waals surface area contributed by atoms with Gasteiger partial charge in [0.1, 0.15) is 17.1 Å². The van der Waals surface area contributed by atoms with Gasteiger partial charge in [-0.1, -0.05) is 18.2 Å². The Morgan fingerprint density at radius 3 is 2.47 bits per heavy atom. The van der Waals surface area contributed by atoms with Gasteiger partial charge in [-0.2, -0.15) is 13.2 Å². The van der Waals surface area contributed by atoms with Crippen LogP contribution in [0.2, 0.25) is 0 Å². The first kappa shape index (κ1) is 32.7. The summed E-state index contributed by atoms with van der Waals surface area (Å²) >= 11 is 0. The number of sulfonamides is 1. The Morgan fingerprint density at radius 1 is 0.978 bits per heavy atom. The molecule has 0 aliphatic carbocycles. The van der Waals surface area contributed by atoms with Crippen LogP contribution in [0.25, 0.3) is 0 Å². The minimum atomic E-state index is -4.64. The van der Waals surface area contributed by atoms with Crippen LogP contribution in [-0.4, -0.2) is 67.9 Å². The number of aliphatic imine (C=N–C) groups is 1. The Kier molecular flexibility index (Phi) is 9.68. The van der Waals surface area contributed by atoms with Gasteiger partial charge >= 0.3 is 6.18 Å². The molecule has 9 nitrogen and oxygen atoms in total. The van der Waals surface area contributed by atoms with E-state index in [-0.39, 0.29) is 67.8 Å². The van der Waals surface area contributed by atoms with Gasteiger partial charge in [-0.3, -0.25) is 14.6 Å². The molecule has 7 rings (SSSR count). The smallest absolute Gasteiger partial charge is 0.416 e. The van der Waals surface area contributed by atoms with Gasteiger partial charge in [-0.25, -0.2) is 12.7 Å². The molecule has 13 heteroatoms. The minimum Gasteiger partial charge on any atom is -0.493 e. The van der Waals surface area contributed by atoms with E-state index in [9.17, 15) is 31.2 Å². The fourth-order valence-corrected chi connectivity index (χ4v) is 7.24. The maximum Gasteiger partial charge on any atom is 0.416 e. The number of allylic oxidation sites excluding steroid dienone is 1. The number of rotatable bonds is 0. The van der Waals surface area contributed by atoms with Gasteiger partial charge in [0.2, 0.25) is 10.0 Å².